The summed E-state index contributed by atoms with van der Waals surface area (Å²) in [6.45, 7) is 6.18. The molecule has 0 bridgehead atoms. The standard InChI is InChI=1S/C14H21BrN2O2S/c1-11(2)16-10-12-9-13(15)3-4-14(12)17-5-7-20(18,19)8-6-17/h3-4,9,11,16H,5-8,10H2,1-2H3. The van der Waals surface area contributed by atoms with Crippen molar-refractivity contribution in [2.45, 2.75) is 26.4 Å². The summed E-state index contributed by atoms with van der Waals surface area (Å²) in [5.41, 5.74) is 2.34. The Morgan fingerprint density at radius 1 is 1.30 bits per heavy atom. The molecule has 20 heavy (non-hydrogen) atoms. The van der Waals surface area contributed by atoms with E-state index in [-0.39, 0.29) is 11.5 Å². The normalized spacial score (nSPS) is 18.5. The van der Waals surface area contributed by atoms with Gasteiger partial charge in [-0.05, 0) is 23.8 Å². The van der Waals surface area contributed by atoms with E-state index in [4.69, 9.17) is 0 Å². The molecule has 1 aliphatic rings. The highest BCUT2D eigenvalue weighted by Crippen LogP contribution is 2.26. The van der Waals surface area contributed by atoms with Crippen LogP contribution in [-0.4, -0.2) is 39.1 Å². The second-order valence-electron chi connectivity index (χ2n) is 5.45. The molecule has 0 aromatic heterocycles. The fourth-order valence-corrected chi connectivity index (χ4v) is 3.88. The average molecular weight is 361 g/mol. The van der Waals surface area contributed by atoms with Crippen LogP contribution in [-0.2, 0) is 16.4 Å². The Morgan fingerprint density at radius 3 is 2.55 bits per heavy atom. The Bertz CT molecular complexity index is 559. The Kier molecular flexibility index (Phi) is 5.09. The first-order chi connectivity index (χ1) is 9.37. The SMILES string of the molecule is CC(C)NCc1cc(Br)ccc1N1CCS(=O)(=O)CC1. The van der Waals surface area contributed by atoms with Gasteiger partial charge in [0.2, 0.25) is 0 Å². The second kappa shape index (κ2) is 6.45. The molecule has 0 spiro atoms. The third kappa shape index (κ3) is 4.20. The van der Waals surface area contributed by atoms with E-state index < -0.39 is 9.84 Å². The van der Waals surface area contributed by atoms with Crippen LogP contribution in [0.15, 0.2) is 22.7 Å². The van der Waals surface area contributed by atoms with Crippen LogP contribution in [0.1, 0.15) is 19.4 Å². The number of hydrogen-bond acceptors (Lipinski definition) is 4. The van der Waals surface area contributed by atoms with E-state index in [1.54, 1.807) is 0 Å². The fraction of sp³-hybridized carbons (Fsp3) is 0.571. The second-order valence-corrected chi connectivity index (χ2v) is 8.67. The van der Waals surface area contributed by atoms with Crippen LogP contribution in [0.4, 0.5) is 5.69 Å². The lowest BCUT2D eigenvalue weighted by atomic mass is 10.1. The van der Waals surface area contributed by atoms with Gasteiger partial charge in [-0.25, -0.2) is 8.42 Å². The molecule has 0 amide bonds. The van der Waals surface area contributed by atoms with Crippen LogP contribution in [0.2, 0.25) is 0 Å². The molecular formula is C14H21BrN2O2S. The van der Waals surface area contributed by atoms with Gasteiger partial charge in [0.05, 0.1) is 11.5 Å². The summed E-state index contributed by atoms with van der Waals surface area (Å²) in [5, 5.41) is 3.42. The third-order valence-corrected chi connectivity index (χ3v) is 5.53. The molecule has 1 N–H and O–H groups in total. The lowest BCUT2D eigenvalue weighted by Gasteiger charge is -2.31. The first-order valence-corrected chi connectivity index (χ1v) is 9.46. The molecule has 0 saturated carbocycles. The summed E-state index contributed by atoms with van der Waals surface area (Å²) in [6.07, 6.45) is 0. The van der Waals surface area contributed by atoms with Gasteiger partial charge in [0.25, 0.3) is 0 Å². The van der Waals surface area contributed by atoms with Crippen molar-refractivity contribution in [2.24, 2.45) is 0 Å². The third-order valence-electron chi connectivity index (χ3n) is 3.43. The lowest BCUT2D eigenvalue weighted by molar-refractivity contribution is 0.582. The highest BCUT2D eigenvalue weighted by atomic mass is 79.9. The summed E-state index contributed by atoms with van der Waals surface area (Å²) in [7, 11) is -2.84. The summed E-state index contributed by atoms with van der Waals surface area (Å²) in [4.78, 5) is 2.17. The van der Waals surface area contributed by atoms with Gasteiger partial charge in [0.15, 0.2) is 9.84 Å². The van der Waals surface area contributed by atoms with Crippen molar-refractivity contribution >= 4 is 31.5 Å². The molecule has 0 unspecified atom stereocenters. The zero-order chi connectivity index (χ0) is 14.8. The van der Waals surface area contributed by atoms with Gasteiger partial charge < -0.3 is 10.2 Å². The van der Waals surface area contributed by atoms with E-state index in [1.165, 1.54) is 5.56 Å². The van der Waals surface area contributed by atoms with Crippen LogP contribution in [0, 0.1) is 0 Å². The van der Waals surface area contributed by atoms with Crippen LogP contribution < -0.4 is 10.2 Å². The number of benzene rings is 1. The van der Waals surface area contributed by atoms with Crippen LogP contribution in [0.3, 0.4) is 0 Å². The predicted octanol–water partition coefficient (Wildman–Crippen LogP) is 2.18. The van der Waals surface area contributed by atoms with E-state index >= 15 is 0 Å². The number of nitrogens with one attached hydrogen (secondary N) is 1. The van der Waals surface area contributed by atoms with Crippen LogP contribution >= 0.6 is 15.9 Å². The first-order valence-electron chi connectivity index (χ1n) is 6.84. The molecule has 0 aliphatic carbocycles. The monoisotopic (exact) mass is 360 g/mol. The summed E-state index contributed by atoms with van der Waals surface area (Å²) < 4.78 is 24.1. The topological polar surface area (TPSA) is 49.4 Å². The minimum Gasteiger partial charge on any atom is -0.369 e. The smallest absolute Gasteiger partial charge is 0.153 e. The number of halogens is 1. The molecule has 0 radical (unpaired) electrons. The van der Waals surface area contributed by atoms with Crippen molar-refractivity contribution < 1.29 is 8.42 Å². The molecule has 1 aromatic carbocycles. The van der Waals surface area contributed by atoms with Crippen LogP contribution in [0.25, 0.3) is 0 Å². The maximum absolute atomic E-state index is 11.5. The Labute approximate surface area is 129 Å². The van der Waals surface area contributed by atoms with Crippen molar-refractivity contribution in [3.8, 4) is 0 Å². The zero-order valence-electron chi connectivity index (χ0n) is 11.9. The number of rotatable bonds is 4. The number of anilines is 1. The van der Waals surface area contributed by atoms with E-state index in [1.807, 2.05) is 6.07 Å². The molecule has 0 atom stereocenters. The van der Waals surface area contributed by atoms with Gasteiger partial charge in [0.1, 0.15) is 0 Å². The Hall–Kier alpha value is -0.590. The molecule has 2 rings (SSSR count). The minimum absolute atomic E-state index is 0.250. The van der Waals surface area contributed by atoms with Gasteiger partial charge in [0, 0.05) is 35.8 Å². The Balaban J connectivity index is 2.18. The van der Waals surface area contributed by atoms with Gasteiger partial charge in [-0.15, -0.1) is 0 Å². The molecule has 112 valence electrons. The summed E-state index contributed by atoms with van der Waals surface area (Å²) >= 11 is 3.50. The van der Waals surface area contributed by atoms with Crippen molar-refractivity contribution in [3.05, 3.63) is 28.2 Å². The molecular weight excluding hydrogens is 340 g/mol. The lowest BCUT2D eigenvalue weighted by Crippen LogP contribution is -2.41. The van der Waals surface area contributed by atoms with E-state index in [9.17, 15) is 8.42 Å². The van der Waals surface area contributed by atoms with Crippen molar-refractivity contribution in [1.29, 1.82) is 0 Å². The predicted molar refractivity (Wildman–Crippen MR) is 87.0 cm³/mol. The number of hydrogen-bond donors (Lipinski definition) is 1. The number of nitrogens with zero attached hydrogens (tertiary/aromatic N) is 1. The van der Waals surface area contributed by atoms with Gasteiger partial charge in [-0.1, -0.05) is 29.8 Å². The molecule has 1 saturated heterocycles. The molecule has 1 fully saturated rings. The molecule has 1 aromatic rings. The molecule has 4 nitrogen and oxygen atoms in total. The van der Waals surface area contributed by atoms with E-state index in [0.29, 0.717) is 19.1 Å². The van der Waals surface area contributed by atoms with Gasteiger partial charge >= 0.3 is 0 Å². The van der Waals surface area contributed by atoms with Gasteiger partial charge in [-0.2, -0.15) is 0 Å². The molecule has 1 heterocycles. The largest absolute Gasteiger partial charge is 0.369 e. The van der Waals surface area contributed by atoms with E-state index in [0.717, 1.165) is 16.7 Å². The Morgan fingerprint density at radius 2 is 1.95 bits per heavy atom. The fourth-order valence-electron chi connectivity index (χ4n) is 2.27. The maximum Gasteiger partial charge on any atom is 0.153 e. The highest BCUT2D eigenvalue weighted by molar-refractivity contribution is 9.10. The first kappa shape index (κ1) is 15.8. The quantitative estimate of drug-likeness (QED) is 0.893. The van der Waals surface area contributed by atoms with Crippen LogP contribution in [0.5, 0.6) is 0 Å². The highest BCUT2D eigenvalue weighted by Gasteiger charge is 2.23. The molecule has 6 heteroatoms. The summed E-state index contributed by atoms with van der Waals surface area (Å²) in [5.74, 6) is 0.500. The van der Waals surface area contributed by atoms with Crippen molar-refractivity contribution in [2.75, 3.05) is 29.5 Å². The van der Waals surface area contributed by atoms with Gasteiger partial charge in [-0.3, -0.25) is 0 Å². The molecule has 1 aliphatic heterocycles. The van der Waals surface area contributed by atoms with Crippen molar-refractivity contribution in [1.82, 2.24) is 5.32 Å². The minimum atomic E-state index is -2.84. The maximum atomic E-state index is 11.5. The van der Waals surface area contributed by atoms with E-state index in [2.05, 4.69) is 52.1 Å². The number of sulfone groups is 1. The summed E-state index contributed by atoms with van der Waals surface area (Å²) in [6, 6.07) is 6.60. The average Bonchev–Trinajstić information content (AvgIpc) is 2.37. The van der Waals surface area contributed by atoms with Crippen molar-refractivity contribution in [3.63, 3.8) is 0 Å². The zero-order valence-corrected chi connectivity index (χ0v) is 14.3.